The molecule has 0 radical (unpaired) electrons. The van der Waals surface area contributed by atoms with Gasteiger partial charge in [-0.3, -0.25) is 0 Å². The highest BCUT2D eigenvalue weighted by Gasteiger charge is 2.38. The van der Waals surface area contributed by atoms with Crippen molar-refractivity contribution < 1.29 is 22.1 Å². The quantitative estimate of drug-likeness (QED) is 0.386. The van der Waals surface area contributed by atoms with Crippen molar-refractivity contribution in [3.05, 3.63) is 62.7 Å². The van der Waals surface area contributed by atoms with Gasteiger partial charge in [-0.2, -0.15) is 13.2 Å². The molecule has 3 aromatic rings. The smallest absolute Gasteiger partial charge is 0.387 e. The SMILES string of the molecule is CC(C)(C)S(=O)/N=C1\C[C@H](c2c(Cl)cccc2OC(F)F)c2c1nc1cc(F)c(Br)cn21. The maximum absolute atomic E-state index is 14.2. The van der Waals surface area contributed by atoms with E-state index in [-0.39, 0.29) is 21.7 Å². The molecule has 1 aromatic carbocycles. The summed E-state index contributed by atoms with van der Waals surface area (Å²) in [5.41, 5.74) is 2.08. The molecule has 0 saturated heterocycles. The number of fused-ring (bicyclic) bond motifs is 3. The molecule has 32 heavy (non-hydrogen) atoms. The standard InChI is InChI=1S/C21H18BrClF3N3O2S/c1-21(2,3)32(30)28-14-7-10(17-12(23)5-4-6-15(17)31-20(25)26)19-18(14)27-16-8-13(24)11(22)9-29(16)19/h4-6,8-10,20H,7H2,1-3H3/b28-14+/t10-,32?/m1/s1. The van der Waals surface area contributed by atoms with E-state index in [9.17, 15) is 17.4 Å². The fraction of sp³-hybridized carbons (Fsp3) is 0.333. The molecule has 1 aliphatic carbocycles. The number of ether oxygens (including phenoxy) is 1. The van der Waals surface area contributed by atoms with Gasteiger partial charge in [0.1, 0.15) is 33.9 Å². The number of imidazole rings is 1. The van der Waals surface area contributed by atoms with Gasteiger partial charge in [-0.25, -0.2) is 13.6 Å². The number of aromatic nitrogens is 2. The molecular formula is C21H18BrClF3N3O2S. The van der Waals surface area contributed by atoms with Crippen LogP contribution in [0.5, 0.6) is 5.75 Å². The van der Waals surface area contributed by atoms with Crippen molar-refractivity contribution in [1.82, 2.24) is 9.38 Å². The Morgan fingerprint density at radius 3 is 2.75 bits per heavy atom. The summed E-state index contributed by atoms with van der Waals surface area (Å²) in [7, 11) is -1.58. The monoisotopic (exact) mass is 547 g/mol. The van der Waals surface area contributed by atoms with Crippen LogP contribution in [0.25, 0.3) is 5.65 Å². The maximum Gasteiger partial charge on any atom is 0.387 e. The molecule has 1 aliphatic rings. The first-order valence-corrected chi connectivity index (χ1v) is 11.8. The molecule has 2 heterocycles. The largest absolute Gasteiger partial charge is 0.434 e. The normalized spacial score (nSPS) is 18.5. The van der Waals surface area contributed by atoms with Crippen LogP contribution < -0.4 is 4.74 Å². The van der Waals surface area contributed by atoms with Crippen molar-refractivity contribution in [2.75, 3.05) is 0 Å². The van der Waals surface area contributed by atoms with Crippen LogP contribution in [-0.2, 0) is 11.0 Å². The lowest BCUT2D eigenvalue weighted by Crippen LogP contribution is -2.21. The molecule has 2 aromatic heterocycles. The van der Waals surface area contributed by atoms with Gasteiger partial charge < -0.3 is 9.14 Å². The molecule has 0 aliphatic heterocycles. The number of halogens is 5. The Morgan fingerprint density at radius 1 is 1.38 bits per heavy atom. The van der Waals surface area contributed by atoms with Gasteiger partial charge in [0, 0.05) is 35.2 Å². The summed E-state index contributed by atoms with van der Waals surface area (Å²) in [6.07, 6.45) is 1.73. The summed E-state index contributed by atoms with van der Waals surface area (Å²) >= 11 is 9.61. The average Bonchev–Trinajstić information content (AvgIpc) is 3.19. The highest BCUT2D eigenvalue weighted by Crippen LogP contribution is 2.46. The second kappa shape index (κ2) is 8.46. The number of hydrogen-bond acceptors (Lipinski definition) is 3. The van der Waals surface area contributed by atoms with E-state index < -0.39 is 34.1 Å². The highest BCUT2D eigenvalue weighted by atomic mass is 79.9. The molecule has 1 unspecified atom stereocenters. The molecule has 0 bridgehead atoms. The lowest BCUT2D eigenvalue weighted by atomic mass is 9.95. The predicted octanol–water partition coefficient (Wildman–Crippen LogP) is 6.28. The van der Waals surface area contributed by atoms with E-state index in [1.807, 2.05) is 0 Å². The molecule has 0 fully saturated rings. The number of nitrogens with zero attached hydrogens (tertiary/aromatic N) is 3. The maximum atomic E-state index is 14.2. The van der Waals surface area contributed by atoms with Crippen molar-refractivity contribution in [1.29, 1.82) is 0 Å². The van der Waals surface area contributed by atoms with E-state index in [2.05, 4.69) is 25.3 Å². The number of pyridine rings is 1. The van der Waals surface area contributed by atoms with Gasteiger partial charge in [-0.1, -0.05) is 17.7 Å². The minimum Gasteiger partial charge on any atom is -0.434 e. The molecule has 0 amide bonds. The Labute approximate surface area is 198 Å². The summed E-state index contributed by atoms with van der Waals surface area (Å²) in [5.74, 6) is -1.15. The zero-order valence-electron chi connectivity index (χ0n) is 17.2. The van der Waals surface area contributed by atoms with E-state index in [1.54, 1.807) is 31.2 Å². The van der Waals surface area contributed by atoms with Crippen LogP contribution in [0.1, 0.15) is 50.1 Å². The average molecular weight is 549 g/mol. The van der Waals surface area contributed by atoms with Crippen LogP contribution in [0, 0.1) is 5.82 Å². The number of alkyl halides is 2. The number of benzene rings is 1. The van der Waals surface area contributed by atoms with Gasteiger partial charge in [-0.15, -0.1) is 0 Å². The fourth-order valence-corrected chi connectivity index (χ4v) is 4.85. The van der Waals surface area contributed by atoms with E-state index in [4.69, 9.17) is 16.3 Å². The molecule has 5 nitrogen and oxygen atoms in total. The summed E-state index contributed by atoms with van der Waals surface area (Å²) in [6.45, 7) is 2.33. The second-order valence-corrected chi connectivity index (χ2v) is 11.4. The van der Waals surface area contributed by atoms with Gasteiger partial charge in [0.05, 0.1) is 20.6 Å². The molecule has 0 saturated carbocycles. The van der Waals surface area contributed by atoms with Crippen molar-refractivity contribution in [3.8, 4) is 5.75 Å². The van der Waals surface area contributed by atoms with E-state index in [0.717, 1.165) is 0 Å². The Kier molecular flexibility index (Phi) is 6.15. The molecule has 4 rings (SSSR count). The topological polar surface area (TPSA) is 56.0 Å². The predicted molar refractivity (Wildman–Crippen MR) is 122 cm³/mol. The van der Waals surface area contributed by atoms with Gasteiger partial charge >= 0.3 is 6.61 Å². The van der Waals surface area contributed by atoms with Crippen LogP contribution >= 0.6 is 27.5 Å². The third-order valence-corrected chi connectivity index (χ3v) is 7.34. The fourth-order valence-electron chi connectivity index (χ4n) is 3.60. The van der Waals surface area contributed by atoms with E-state index in [1.165, 1.54) is 24.4 Å². The molecule has 0 spiro atoms. The molecule has 170 valence electrons. The van der Waals surface area contributed by atoms with Gasteiger partial charge in [-0.05, 0) is 48.8 Å². The number of rotatable bonds is 4. The summed E-state index contributed by atoms with van der Waals surface area (Å²) < 4.78 is 63.5. The lowest BCUT2D eigenvalue weighted by Gasteiger charge is -2.18. The lowest BCUT2D eigenvalue weighted by molar-refractivity contribution is -0.0505. The van der Waals surface area contributed by atoms with Gasteiger partial charge in [0.2, 0.25) is 0 Å². The molecular weight excluding hydrogens is 531 g/mol. The minimum atomic E-state index is -3.04. The van der Waals surface area contributed by atoms with Crippen molar-refractivity contribution in [3.63, 3.8) is 0 Å². The zero-order chi connectivity index (χ0) is 23.4. The van der Waals surface area contributed by atoms with Crippen molar-refractivity contribution >= 4 is 49.9 Å². The second-order valence-electron chi connectivity index (χ2n) is 8.23. The zero-order valence-corrected chi connectivity index (χ0v) is 20.4. The van der Waals surface area contributed by atoms with Crippen molar-refractivity contribution in [2.24, 2.45) is 4.40 Å². The van der Waals surface area contributed by atoms with E-state index in [0.29, 0.717) is 28.3 Å². The molecule has 0 N–H and O–H groups in total. The minimum absolute atomic E-state index is 0.0715. The Balaban J connectivity index is 1.97. The van der Waals surface area contributed by atoms with Gasteiger partial charge in [0.15, 0.2) is 0 Å². The van der Waals surface area contributed by atoms with Crippen LogP contribution in [0.15, 0.2) is 39.3 Å². The van der Waals surface area contributed by atoms with Crippen LogP contribution in [0.3, 0.4) is 0 Å². The first-order chi connectivity index (χ1) is 15.0. The van der Waals surface area contributed by atoms with Crippen LogP contribution in [-0.4, -0.2) is 30.7 Å². The first kappa shape index (κ1) is 23.3. The third-order valence-electron chi connectivity index (χ3n) is 5.00. The Hall–Kier alpha value is -1.91. The Morgan fingerprint density at radius 2 is 2.09 bits per heavy atom. The Bertz CT molecular complexity index is 1270. The highest BCUT2D eigenvalue weighted by molar-refractivity contribution is 9.10. The van der Waals surface area contributed by atoms with Gasteiger partial charge in [0.25, 0.3) is 0 Å². The van der Waals surface area contributed by atoms with Crippen LogP contribution in [0.4, 0.5) is 13.2 Å². The molecule has 11 heteroatoms. The summed E-state index contributed by atoms with van der Waals surface area (Å²) in [4.78, 5) is 4.51. The van der Waals surface area contributed by atoms with E-state index >= 15 is 0 Å². The van der Waals surface area contributed by atoms with Crippen LogP contribution in [0.2, 0.25) is 5.02 Å². The summed E-state index contributed by atoms with van der Waals surface area (Å²) in [5, 5.41) is 0.230. The molecule has 2 atom stereocenters. The summed E-state index contributed by atoms with van der Waals surface area (Å²) in [6, 6.07) is 5.76. The first-order valence-electron chi connectivity index (χ1n) is 9.57. The van der Waals surface area contributed by atoms with Crippen molar-refractivity contribution in [2.45, 2.75) is 44.5 Å². The third kappa shape index (κ3) is 4.20. The number of hydrogen-bond donors (Lipinski definition) is 0.